The molecule has 0 aromatic carbocycles. The Hall–Kier alpha value is -3.17. The second kappa shape index (κ2) is 8.29. The van der Waals surface area contributed by atoms with Crippen molar-refractivity contribution in [1.29, 1.82) is 0 Å². The monoisotopic (exact) mass is 405 g/mol. The topological polar surface area (TPSA) is 100 Å². The van der Waals surface area contributed by atoms with E-state index in [0.717, 1.165) is 48.9 Å². The summed E-state index contributed by atoms with van der Waals surface area (Å²) in [6.45, 7) is 5.20. The fourth-order valence-corrected chi connectivity index (χ4v) is 3.87. The lowest BCUT2D eigenvalue weighted by molar-refractivity contribution is 0.122. The average molecular weight is 405 g/mol. The third-order valence-corrected chi connectivity index (χ3v) is 5.45. The number of aromatic nitrogens is 5. The molecule has 1 fully saturated rings. The molecule has 1 saturated heterocycles. The van der Waals surface area contributed by atoms with Crippen LogP contribution in [-0.2, 0) is 24.2 Å². The van der Waals surface area contributed by atoms with Crippen molar-refractivity contribution < 1.29 is 4.74 Å². The van der Waals surface area contributed by atoms with Gasteiger partial charge in [-0.25, -0.2) is 15.0 Å². The molecule has 30 heavy (non-hydrogen) atoms. The van der Waals surface area contributed by atoms with Crippen molar-refractivity contribution in [2.45, 2.75) is 19.5 Å². The molecular formula is C21H23N7O2. The number of fused-ring (bicyclic) bond motifs is 1. The largest absolute Gasteiger partial charge is 0.378 e. The molecule has 0 unspecified atom stereocenters. The molecule has 3 aromatic heterocycles. The lowest BCUT2D eigenvalue weighted by Gasteiger charge is -2.28. The van der Waals surface area contributed by atoms with Crippen molar-refractivity contribution in [2.75, 3.05) is 37.7 Å². The molecule has 1 N–H and O–H groups in total. The number of aromatic amines is 1. The zero-order valence-corrected chi connectivity index (χ0v) is 16.6. The smallest absolute Gasteiger partial charge is 0.254 e. The second-order valence-electron chi connectivity index (χ2n) is 7.51. The molecule has 9 heteroatoms. The summed E-state index contributed by atoms with van der Waals surface area (Å²) in [5.41, 5.74) is 3.23. The Morgan fingerprint density at radius 2 is 1.90 bits per heavy atom. The van der Waals surface area contributed by atoms with Gasteiger partial charge in [0.1, 0.15) is 5.69 Å². The van der Waals surface area contributed by atoms with Gasteiger partial charge in [0.2, 0.25) is 5.95 Å². The van der Waals surface area contributed by atoms with E-state index in [2.05, 4.69) is 29.7 Å². The van der Waals surface area contributed by atoms with Crippen LogP contribution in [0.4, 0.5) is 5.95 Å². The molecule has 9 nitrogen and oxygen atoms in total. The van der Waals surface area contributed by atoms with Gasteiger partial charge >= 0.3 is 0 Å². The molecule has 5 heterocycles. The maximum Gasteiger partial charge on any atom is 0.254 e. The fraction of sp³-hybridized carbons (Fsp3) is 0.381. The molecule has 0 spiro atoms. The molecule has 154 valence electrons. The van der Waals surface area contributed by atoms with Crippen LogP contribution in [0, 0.1) is 0 Å². The van der Waals surface area contributed by atoms with Gasteiger partial charge < -0.3 is 14.6 Å². The summed E-state index contributed by atoms with van der Waals surface area (Å²) in [6, 6.07) is 5.57. The van der Waals surface area contributed by atoms with Crippen LogP contribution in [0.2, 0.25) is 0 Å². The Morgan fingerprint density at radius 1 is 1.07 bits per heavy atom. The summed E-state index contributed by atoms with van der Waals surface area (Å²) in [5, 5.41) is 0. The van der Waals surface area contributed by atoms with Gasteiger partial charge in [-0.2, -0.15) is 0 Å². The summed E-state index contributed by atoms with van der Waals surface area (Å²) in [7, 11) is 0. The van der Waals surface area contributed by atoms with Gasteiger partial charge in [-0.15, -0.1) is 0 Å². The van der Waals surface area contributed by atoms with E-state index in [1.165, 1.54) is 0 Å². The van der Waals surface area contributed by atoms with Gasteiger partial charge in [-0.05, 0) is 18.6 Å². The minimum atomic E-state index is -0.0708. The van der Waals surface area contributed by atoms with Crippen LogP contribution in [0.1, 0.15) is 16.8 Å². The normalized spacial score (nSPS) is 17.0. The minimum Gasteiger partial charge on any atom is -0.378 e. The molecule has 0 aliphatic carbocycles. The van der Waals surface area contributed by atoms with Crippen molar-refractivity contribution in [1.82, 2.24) is 29.8 Å². The zero-order valence-electron chi connectivity index (χ0n) is 16.6. The first-order chi connectivity index (χ1) is 14.8. The maximum atomic E-state index is 12.5. The highest BCUT2D eigenvalue weighted by molar-refractivity contribution is 5.49. The molecule has 0 radical (unpaired) electrons. The number of anilines is 1. The predicted octanol–water partition coefficient (Wildman–Crippen LogP) is 1.02. The first-order valence-corrected chi connectivity index (χ1v) is 10.2. The number of pyridine rings is 1. The lowest BCUT2D eigenvalue weighted by Crippen LogP contribution is -2.37. The molecule has 0 amide bonds. The standard InChI is InChI=1S/C21H23N7O2/c29-20-16-4-6-27(14-18(16)25-19(26-20)17-3-1-2-5-22-17)13-15-11-23-21(24-12-15)28-7-9-30-10-8-28/h1-3,5,11-12H,4,6-10,13-14H2,(H,25,26,29). The van der Waals surface area contributed by atoms with Gasteiger partial charge in [0, 0.05) is 62.4 Å². The number of nitrogens with zero attached hydrogens (tertiary/aromatic N) is 6. The maximum absolute atomic E-state index is 12.5. The van der Waals surface area contributed by atoms with Gasteiger partial charge in [0.05, 0.1) is 18.9 Å². The quantitative estimate of drug-likeness (QED) is 0.687. The van der Waals surface area contributed by atoms with E-state index in [1.807, 2.05) is 30.6 Å². The van der Waals surface area contributed by atoms with Crippen LogP contribution < -0.4 is 10.5 Å². The van der Waals surface area contributed by atoms with Crippen molar-refractivity contribution >= 4 is 5.95 Å². The third kappa shape index (κ3) is 3.94. The number of hydrogen-bond donors (Lipinski definition) is 1. The molecule has 0 bridgehead atoms. The lowest BCUT2D eigenvalue weighted by atomic mass is 10.1. The van der Waals surface area contributed by atoms with Crippen molar-refractivity contribution in [2.24, 2.45) is 0 Å². The molecule has 0 atom stereocenters. The predicted molar refractivity (Wildman–Crippen MR) is 111 cm³/mol. The van der Waals surface area contributed by atoms with Gasteiger partial charge in [-0.3, -0.25) is 14.7 Å². The van der Waals surface area contributed by atoms with Crippen LogP contribution in [0.5, 0.6) is 0 Å². The van der Waals surface area contributed by atoms with Crippen LogP contribution in [0.3, 0.4) is 0 Å². The second-order valence-corrected chi connectivity index (χ2v) is 7.51. The number of hydrogen-bond acceptors (Lipinski definition) is 8. The molecule has 3 aromatic rings. The van der Waals surface area contributed by atoms with E-state index in [-0.39, 0.29) is 5.56 Å². The van der Waals surface area contributed by atoms with Gasteiger partial charge in [-0.1, -0.05) is 6.07 Å². The summed E-state index contributed by atoms with van der Waals surface area (Å²) in [6.07, 6.45) is 6.14. The Morgan fingerprint density at radius 3 is 2.67 bits per heavy atom. The highest BCUT2D eigenvalue weighted by Gasteiger charge is 2.22. The Labute approximate surface area is 173 Å². The van der Waals surface area contributed by atoms with Crippen molar-refractivity contribution in [3.05, 3.63) is 64.0 Å². The van der Waals surface area contributed by atoms with Crippen LogP contribution in [-0.4, -0.2) is 62.7 Å². The average Bonchev–Trinajstić information content (AvgIpc) is 2.80. The number of ether oxygens (including phenoxy) is 1. The summed E-state index contributed by atoms with van der Waals surface area (Å²) >= 11 is 0. The van der Waals surface area contributed by atoms with E-state index in [9.17, 15) is 4.79 Å². The summed E-state index contributed by atoms with van der Waals surface area (Å²) < 4.78 is 5.38. The van der Waals surface area contributed by atoms with E-state index in [4.69, 9.17) is 9.72 Å². The fourth-order valence-electron chi connectivity index (χ4n) is 3.87. The van der Waals surface area contributed by atoms with Gasteiger partial charge in [0.25, 0.3) is 5.56 Å². The van der Waals surface area contributed by atoms with Crippen molar-refractivity contribution in [3.63, 3.8) is 0 Å². The van der Waals surface area contributed by atoms with E-state index in [1.54, 1.807) is 6.20 Å². The molecule has 0 saturated carbocycles. The first kappa shape index (κ1) is 18.8. The Balaban J connectivity index is 1.30. The van der Waals surface area contributed by atoms with E-state index < -0.39 is 0 Å². The summed E-state index contributed by atoms with van der Waals surface area (Å²) in [5.74, 6) is 1.26. The van der Waals surface area contributed by atoms with E-state index >= 15 is 0 Å². The molecule has 2 aliphatic rings. The summed E-state index contributed by atoms with van der Waals surface area (Å²) in [4.78, 5) is 37.9. The molecule has 2 aliphatic heterocycles. The SMILES string of the molecule is O=c1[nH]c(-c2ccccn2)nc2c1CCN(Cc1cnc(N3CCOCC3)nc1)C2. The highest BCUT2D eigenvalue weighted by Crippen LogP contribution is 2.19. The molecule has 5 rings (SSSR count). The number of rotatable bonds is 4. The minimum absolute atomic E-state index is 0.0708. The third-order valence-electron chi connectivity index (χ3n) is 5.45. The number of morpholine rings is 1. The zero-order chi connectivity index (χ0) is 20.3. The van der Waals surface area contributed by atoms with Crippen LogP contribution in [0.15, 0.2) is 41.6 Å². The van der Waals surface area contributed by atoms with E-state index in [0.29, 0.717) is 37.7 Å². The number of nitrogens with one attached hydrogen (secondary N) is 1. The first-order valence-electron chi connectivity index (χ1n) is 10.2. The van der Waals surface area contributed by atoms with Crippen molar-refractivity contribution in [3.8, 4) is 11.5 Å². The Kier molecular flexibility index (Phi) is 5.20. The van der Waals surface area contributed by atoms with Crippen LogP contribution >= 0.6 is 0 Å². The van der Waals surface area contributed by atoms with Gasteiger partial charge in [0.15, 0.2) is 5.82 Å². The molecular weight excluding hydrogens is 382 g/mol. The highest BCUT2D eigenvalue weighted by atomic mass is 16.5. The number of H-pyrrole nitrogens is 1. The Bertz CT molecular complexity index is 1060. The van der Waals surface area contributed by atoms with Crippen LogP contribution in [0.25, 0.3) is 11.5 Å².